The molecule has 118 heavy (non-hydrogen) atoms. The standard InChI is InChI=1S/C114H80N2S2/c1-113(2)98-53-24-21-48-93(98)110-92(52-29-55-100(110)113)95-69-77(61-65-102(95)116(82-63-67-108-97(72-82)89-45-23-26-59-106(89)118-108)104-57-31-51-86(76-38-15-8-16-39-76)112(104)91-47-20-18-43-84(91)74-34-11-6-12-35-74)78-60-64-94-101(70-78)114(3,4)99-54-28-49-87(109(94)99)79-40-27-41-80(68-79)115(81-62-66-107-96(71-81)88-44-22-25-58-105(88)117-107)103-56-30-50-85(75-36-13-7-14-37-75)111(103)90-46-19-17-42-83(90)73-32-9-5-10-33-73/h5-72H,1-4H3. The quantitative estimate of drug-likeness (QED) is 0.101. The van der Waals surface area contributed by atoms with E-state index in [4.69, 9.17) is 0 Å². The molecule has 2 heterocycles. The van der Waals surface area contributed by atoms with Gasteiger partial charge in [0, 0.05) is 84.9 Å². The number of nitrogens with zero attached hydrogens (tertiary/aromatic N) is 2. The maximum absolute atomic E-state index is 2.61. The number of benzene rings is 18. The smallest absolute Gasteiger partial charge is 0.0546 e. The van der Waals surface area contributed by atoms with E-state index in [2.05, 4.69) is 450 Å². The van der Waals surface area contributed by atoms with Crippen LogP contribution in [-0.4, -0.2) is 0 Å². The van der Waals surface area contributed by atoms with E-state index in [0.29, 0.717) is 0 Å². The van der Waals surface area contributed by atoms with Gasteiger partial charge in [0.05, 0.1) is 17.1 Å². The van der Waals surface area contributed by atoms with Crippen molar-refractivity contribution in [2.45, 2.75) is 38.5 Å². The monoisotopic (exact) mass is 1540 g/mol. The van der Waals surface area contributed by atoms with Crippen LogP contribution in [0.5, 0.6) is 0 Å². The zero-order valence-electron chi connectivity index (χ0n) is 66.0. The zero-order chi connectivity index (χ0) is 78.7. The van der Waals surface area contributed by atoms with Crippen molar-refractivity contribution in [3.05, 3.63) is 435 Å². The molecule has 0 fully saturated rings. The molecule has 0 spiro atoms. The van der Waals surface area contributed by atoms with Gasteiger partial charge in [0.2, 0.25) is 0 Å². The number of anilines is 6. The summed E-state index contributed by atoms with van der Waals surface area (Å²) in [6.07, 6.45) is 0. The van der Waals surface area contributed by atoms with Crippen LogP contribution >= 0.6 is 22.7 Å². The van der Waals surface area contributed by atoms with E-state index in [1.807, 2.05) is 22.7 Å². The van der Waals surface area contributed by atoms with E-state index in [-0.39, 0.29) is 10.8 Å². The van der Waals surface area contributed by atoms with Gasteiger partial charge in [0.25, 0.3) is 0 Å². The summed E-state index contributed by atoms with van der Waals surface area (Å²) in [6, 6.07) is 155. The first-order valence-corrected chi connectivity index (χ1v) is 42.6. The van der Waals surface area contributed by atoms with Gasteiger partial charge in [-0.15, -0.1) is 22.7 Å². The molecule has 4 heteroatoms. The van der Waals surface area contributed by atoms with Crippen molar-refractivity contribution in [3.63, 3.8) is 0 Å². The van der Waals surface area contributed by atoms with E-state index in [9.17, 15) is 0 Å². The van der Waals surface area contributed by atoms with Crippen molar-refractivity contribution < 1.29 is 0 Å². The van der Waals surface area contributed by atoms with Crippen molar-refractivity contribution in [2.75, 3.05) is 9.80 Å². The highest BCUT2D eigenvalue weighted by molar-refractivity contribution is 7.26. The van der Waals surface area contributed by atoms with Crippen molar-refractivity contribution in [3.8, 4) is 122 Å². The summed E-state index contributed by atoms with van der Waals surface area (Å²) in [4.78, 5) is 5.14. The summed E-state index contributed by atoms with van der Waals surface area (Å²) in [5.41, 5.74) is 37.2. The molecule has 20 aromatic rings. The van der Waals surface area contributed by atoms with Gasteiger partial charge in [-0.25, -0.2) is 0 Å². The lowest BCUT2D eigenvalue weighted by Gasteiger charge is -2.32. The number of hydrogen-bond acceptors (Lipinski definition) is 4. The van der Waals surface area contributed by atoms with Gasteiger partial charge in [-0.2, -0.15) is 0 Å². The second-order valence-electron chi connectivity index (χ2n) is 32.5. The first-order chi connectivity index (χ1) is 58.1. The molecule has 0 unspecified atom stereocenters. The van der Waals surface area contributed by atoms with Crippen molar-refractivity contribution in [1.29, 1.82) is 0 Å². The fourth-order valence-corrected chi connectivity index (χ4v) is 21.7. The summed E-state index contributed by atoms with van der Waals surface area (Å²) >= 11 is 3.72. The van der Waals surface area contributed by atoms with Crippen LogP contribution in [0.15, 0.2) is 413 Å². The molecule has 22 rings (SSSR count). The van der Waals surface area contributed by atoms with Crippen LogP contribution in [0.2, 0.25) is 0 Å². The Hall–Kier alpha value is -14.0. The summed E-state index contributed by atoms with van der Waals surface area (Å²) in [7, 11) is 0. The number of fused-ring (bicyclic) bond motifs is 12. The Balaban J connectivity index is 0.738. The van der Waals surface area contributed by atoms with Gasteiger partial charge < -0.3 is 9.80 Å². The number of hydrogen-bond donors (Lipinski definition) is 0. The van der Waals surface area contributed by atoms with Crippen molar-refractivity contribution >= 4 is 97.1 Å². The fourth-order valence-electron chi connectivity index (χ4n) is 19.5. The third kappa shape index (κ3) is 11.6. The number of rotatable bonds is 15. The van der Waals surface area contributed by atoms with E-state index in [1.165, 1.54) is 129 Å². The lowest BCUT2D eigenvalue weighted by atomic mass is 9.81. The molecular weight excluding hydrogens is 1460 g/mol. The van der Waals surface area contributed by atoms with Crippen LogP contribution in [0.4, 0.5) is 34.1 Å². The molecule has 0 amide bonds. The highest BCUT2D eigenvalue weighted by Crippen LogP contribution is 2.59. The van der Waals surface area contributed by atoms with Gasteiger partial charge >= 0.3 is 0 Å². The Morgan fingerprint density at radius 3 is 1.10 bits per heavy atom. The normalized spacial score (nSPS) is 12.9. The molecular formula is C114H80N2S2. The predicted octanol–water partition coefficient (Wildman–Crippen LogP) is 33.0. The second-order valence-corrected chi connectivity index (χ2v) is 34.6. The van der Waals surface area contributed by atoms with E-state index >= 15 is 0 Å². The molecule has 0 saturated carbocycles. The topological polar surface area (TPSA) is 6.48 Å². The molecule has 2 aliphatic carbocycles. The maximum Gasteiger partial charge on any atom is 0.0546 e. The van der Waals surface area contributed by atoms with Crippen LogP contribution < -0.4 is 9.80 Å². The minimum absolute atomic E-state index is 0.245. The first-order valence-electron chi connectivity index (χ1n) is 40.9. The third-order valence-corrected chi connectivity index (χ3v) is 27.4. The Kier molecular flexibility index (Phi) is 17.0. The van der Waals surface area contributed by atoms with Crippen LogP contribution in [-0.2, 0) is 10.8 Å². The molecule has 2 aliphatic rings. The minimum Gasteiger partial charge on any atom is -0.310 e. The molecule has 2 aromatic heterocycles. The summed E-state index contributed by atoms with van der Waals surface area (Å²) in [5, 5.41) is 5.01. The Morgan fingerprint density at radius 1 is 0.178 bits per heavy atom. The Labute approximate surface area is 697 Å². The second kappa shape index (κ2) is 28.5. The highest BCUT2D eigenvalue weighted by atomic mass is 32.1. The van der Waals surface area contributed by atoms with Gasteiger partial charge in [0.1, 0.15) is 0 Å². The number of thiophene rings is 2. The Morgan fingerprint density at radius 2 is 0.542 bits per heavy atom. The maximum atomic E-state index is 2.61. The van der Waals surface area contributed by atoms with Gasteiger partial charge in [0.15, 0.2) is 0 Å². The lowest BCUT2D eigenvalue weighted by Crippen LogP contribution is -2.15. The van der Waals surface area contributed by atoms with Crippen LogP contribution in [0.3, 0.4) is 0 Å². The summed E-state index contributed by atoms with van der Waals surface area (Å²) in [6.45, 7) is 9.68. The van der Waals surface area contributed by atoms with Gasteiger partial charge in [-0.3, -0.25) is 0 Å². The van der Waals surface area contributed by atoms with Crippen molar-refractivity contribution in [2.24, 2.45) is 0 Å². The highest BCUT2D eigenvalue weighted by Gasteiger charge is 2.40. The van der Waals surface area contributed by atoms with E-state index in [1.54, 1.807) is 0 Å². The molecule has 18 aromatic carbocycles. The lowest BCUT2D eigenvalue weighted by molar-refractivity contribution is 0.660. The summed E-state index contributed by atoms with van der Waals surface area (Å²) in [5.74, 6) is 0. The molecule has 558 valence electrons. The van der Waals surface area contributed by atoms with E-state index < -0.39 is 0 Å². The molecule has 2 nitrogen and oxygen atoms in total. The molecule has 0 radical (unpaired) electrons. The molecule has 0 N–H and O–H groups in total. The molecule has 0 aliphatic heterocycles. The average molecular weight is 1540 g/mol. The van der Waals surface area contributed by atoms with Crippen LogP contribution in [0, 0.1) is 0 Å². The molecule has 0 saturated heterocycles. The first kappa shape index (κ1) is 70.6. The Bertz CT molecular complexity index is 7370. The fraction of sp³-hybridized carbons (Fsp3) is 0.0526. The van der Waals surface area contributed by atoms with Gasteiger partial charge in [-0.05, 0) is 219 Å². The SMILES string of the molecule is CC1(C)c2cc(-c3ccc(N(c4ccc5sc6ccccc6c5c4)c4cccc(-c5ccccc5)c4-c4ccccc4-c4ccccc4)c(-c4cccc5c4-c4ccccc4C5(C)C)c3)ccc2-c2c(-c3cccc(N(c4ccc5sc6ccccc6c5c4)c4cccc(-c5ccccc5)c4-c4ccccc4-c4ccccc4)c3)cccc21. The molecule has 0 atom stereocenters. The minimum atomic E-state index is -0.367. The van der Waals surface area contributed by atoms with E-state index in [0.717, 1.165) is 89.8 Å². The average Bonchev–Trinajstić information content (AvgIpc) is 1.53. The van der Waals surface area contributed by atoms with Crippen LogP contribution in [0.25, 0.3) is 163 Å². The van der Waals surface area contributed by atoms with Crippen LogP contribution in [0.1, 0.15) is 49.9 Å². The van der Waals surface area contributed by atoms with Gasteiger partial charge in [-0.1, -0.05) is 349 Å². The third-order valence-electron chi connectivity index (χ3n) is 25.1. The predicted molar refractivity (Wildman–Crippen MR) is 506 cm³/mol. The zero-order valence-corrected chi connectivity index (χ0v) is 67.6. The molecule has 0 bridgehead atoms. The summed E-state index contributed by atoms with van der Waals surface area (Å²) < 4.78 is 5.09. The largest absolute Gasteiger partial charge is 0.310 e. The van der Waals surface area contributed by atoms with Crippen molar-refractivity contribution in [1.82, 2.24) is 0 Å².